The maximum atomic E-state index is 12.1. The SMILES string of the molecule is CC(C)[C@@H]1CN(Cc2ccco2)C[C@H]1NC(=O)CCNS(C)(=O)=O. The minimum atomic E-state index is -3.26. The van der Waals surface area contributed by atoms with Crippen LogP contribution in [0.15, 0.2) is 22.8 Å². The zero-order chi connectivity index (χ0) is 17.7. The van der Waals surface area contributed by atoms with Gasteiger partial charge >= 0.3 is 0 Å². The molecule has 24 heavy (non-hydrogen) atoms. The fourth-order valence-electron chi connectivity index (χ4n) is 3.12. The summed E-state index contributed by atoms with van der Waals surface area (Å²) in [4.78, 5) is 14.4. The number of hydrogen-bond donors (Lipinski definition) is 2. The smallest absolute Gasteiger partial charge is 0.221 e. The van der Waals surface area contributed by atoms with Crippen molar-refractivity contribution in [1.82, 2.24) is 14.9 Å². The first-order chi connectivity index (χ1) is 11.2. The van der Waals surface area contributed by atoms with Crippen LogP contribution in [0.4, 0.5) is 0 Å². The molecular formula is C16H27N3O4S. The Morgan fingerprint density at radius 3 is 2.75 bits per heavy atom. The first kappa shape index (κ1) is 19.0. The van der Waals surface area contributed by atoms with Crippen molar-refractivity contribution < 1.29 is 17.6 Å². The summed E-state index contributed by atoms with van der Waals surface area (Å²) in [5.74, 6) is 1.61. The molecule has 0 spiro atoms. The van der Waals surface area contributed by atoms with Gasteiger partial charge in [0.05, 0.1) is 19.1 Å². The third kappa shape index (κ3) is 5.92. The molecule has 2 N–H and O–H groups in total. The Balaban J connectivity index is 1.86. The number of sulfonamides is 1. The minimum Gasteiger partial charge on any atom is -0.468 e. The third-order valence-corrected chi connectivity index (χ3v) is 5.05. The average Bonchev–Trinajstić information content (AvgIpc) is 3.07. The van der Waals surface area contributed by atoms with Crippen LogP contribution in [-0.2, 0) is 21.4 Å². The fraction of sp³-hybridized carbons (Fsp3) is 0.688. The van der Waals surface area contributed by atoms with Gasteiger partial charge in [0.15, 0.2) is 0 Å². The van der Waals surface area contributed by atoms with E-state index in [4.69, 9.17) is 4.42 Å². The molecule has 0 radical (unpaired) electrons. The second kappa shape index (κ2) is 8.13. The quantitative estimate of drug-likeness (QED) is 0.718. The molecular weight excluding hydrogens is 330 g/mol. The topological polar surface area (TPSA) is 91.7 Å². The van der Waals surface area contributed by atoms with Gasteiger partial charge in [-0.25, -0.2) is 13.1 Å². The van der Waals surface area contributed by atoms with Crippen molar-refractivity contribution in [3.8, 4) is 0 Å². The number of nitrogens with zero attached hydrogens (tertiary/aromatic N) is 1. The van der Waals surface area contributed by atoms with Crippen molar-refractivity contribution in [2.24, 2.45) is 11.8 Å². The van der Waals surface area contributed by atoms with Crippen LogP contribution in [0.2, 0.25) is 0 Å². The van der Waals surface area contributed by atoms with Crippen molar-refractivity contribution in [2.45, 2.75) is 32.9 Å². The standard InChI is InChI=1S/C16H27N3O4S/c1-12(2)14-10-19(9-13-5-4-8-23-13)11-15(14)18-16(20)6-7-17-24(3,21)22/h4-5,8,12,14-15,17H,6-7,9-11H2,1-3H3,(H,18,20)/t14-,15+/m0/s1. The predicted molar refractivity (Wildman–Crippen MR) is 91.7 cm³/mol. The second-order valence-electron chi connectivity index (χ2n) is 6.77. The number of likely N-dealkylation sites (tertiary alicyclic amines) is 1. The van der Waals surface area contributed by atoms with Crippen LogP contribution in [-0.4, -0.2) is 51.2 Å². The van der Waals surface area contributed by atoms with E-state index < -0.39 is 10.0 Å². The van der Waals surface area contributed by atoms with E-state index in [1.807, 2.05) is 12.1 Å². The molecule has 1 amide bonds. The normalized spacial score (nSPS) is 22.2. The van der Waals surface area contributed by atoms with Gasteiger partial charge < -0.3 is 9.73 Å². The second-order valence-corrected chi connectivity index (χ2v) is 8.60. The highest BCUT2D eigenvalue weighted by Gasteiger charge is 2.35. The van der Waals surface area contributed by atoms with Gasteiger partial charge in [-0.05, 0) is 24.0 Å². The van der Waals surface area contributed by atoms with Crippen LogP contribution < -0.4 is 10.0 Å². The summed E-state index contributed by atoms with van der Waals surface area (Å²) in [6.07, 6.45) is 2.90. The summed E-state index contributed by atoms with van der Waals surface area (Å²) in [5.41, 5.74) is 0. The summed E-state index contributed by atoms with van der Waals surface area (Å²) < 4.78 is 29.8. The summed E-state index contributed by atoms with van der Waals surface area (Å²) in [6, 6.07) is 3.90. The predicted octanol–water partition coefficient (Wildman–Crippen LogP) is 0.792. The molecule has 1 fully saturated rings. The van der Waals surface area contributed by atoms with E-state index in [1.54, 1.807) is 6.26 Å². The zero-order valence-corrected chi connectivity index (χ0v) is 15.3. The summed E-state index contributed by atoms with van der Waals surface area (Å²) in [5, 5.41) is 3.06. The summed E-state index contributed by atoms with van der Waals surface area (Å²) in [6.45, 7) is 6.86. The van der Waals surface area contributed by atoms with Crippen molar-refractivity contribution in [3.05, 3.63) is 24.2 Å². The number of carbonyl (C=O) groups excluding carboxylic acids is 1. The monoisotopic (exact) mass is 357 g/mol. The summed E-state index contributed by atoms with van der Waals surface area (Å²) in [7, 11) is -3.26. The van der Waals surface area contributed by atoms with Gasteiger partial charge in [-0.3, -0.25) is 9.69 Å². The van der Waals surface area contributed by atoms with E-state index in [0.717, 1.165) is 31.7 Å². The van der Waals surface area contributed by atoms with Gasteiger partial charge in [0, 0.05) is 32.1 Å². The Labute approximate surface area is 143 Å². The highest BCUT2D eigenvalue weighted by Crippen LogP contribution is 2.26. The van der Waals surface area contributed by atoms with E-state index in [2.05, 4.69) is 28.8 Å². The van der Waals surface area contributed by atoms with Crippen molar-refractivity contribution in [3.63, 3.8) is 0 Å². The van der Waals surface area contributed by atoms with Gasteiger partial charge in [-0.1, -0.05) is 13.8 Å². The lowest BCUT2D eigenvalue weighted by Gasteiger charge is -2.23. The van der Waals surface area contributed by atoms with Crippen LogP contribution in [0.25, 0.3) is 0 Å². The highest BCUT2D eigenvalue weighted by atomic mass is 32.2. The maximum absolute atomic E-state index is 12.1. The van der Waals surface area contributed by atoms with Crippen molar-refractivity contribution >= 4 is 15.9 Å². The van der Waals surface area contributed by atoms with E-state index in [-0.39, 0.29) is 24.9 Å². The van der Waals surface area contributed by atoms with Crippen LogP contribution in [0.1, 0.15) is 26.0 Å². The van der Waals surface area contributed by atoms with Gasteiger partial charge in [-0.15, -0.1) is 0 Å². The third-order valence-electron chi connectivity index (χ3n) is 4.32. The van der Waals surface area contributed by atoms with Gasteiger partial charge in [0.2, 0.25) is 15.9 Å². The maximum Gasteiger partial charge on any atom is 0.221 e. The molecule has 0 aliphatic carbocycles. The van der Waals surface area contributed by atoms with E-state index in [0.29, 0.717) is 11.8 Å². The molecule has 2 rings (SSSR count). The van der Waals surface area contributed by atoms with Gasteiger partial charge in [0.1, 0.15) is 5.76 Å². The van der Waals surface area contributed by atoms with Crippen LogP contribution >= 0.6 is 0 Å². The molecule has 0 aromatic carbocycles. The molecule has 8 heteroatoms. The Hall–Kier alpha value is -1.38. The molecule has 1 saturated heterocycles. The number of furan rings is 1. The molecule has 1 aliphatic heterocycles. The minimum absolute atomic E-state index is 0.0747. The first-order valence-corrected chi connectivity index (χ1v) is 10.1. The molecule has 1 aliphatic rings. The summed E-state index contributed by atoms with van der Waals surface area (Å²) >= 11 is 0. The molecule has 0 saturated carbocycles. The Morgan fingerprint density at radius 2 is 2.17 bits per heavy atom. The van der Waals surface area contributed by atoms with E-state index in [1.165, 1.54) is 0 Å². The van der Waals surface area contributed by atoms with Crippen LogP contribution in [0.3, 0.4) is 0 Å². The fourth-order valence-corrected chi connectivity index (χ4v) is 3.60. The first-order valence-electron chi connectivity index (χ1n) is 8.23. The number of hydrogen-bond acceptors (Lipinski definition) is 5. The van der Waals surface area contributed by atoms with Gasteiger partial charge in [0.25, 0.3) is 0 Å². The number of amides is 1. The average molecular weight is 357 g/mol. The number of nitrogens with one attached hydrogen (secondary N) is 2. The molecule has 1 aromatic rings. The number of carbonyl (C=O) groups is 1. The zero-order valence-electron chi connectivity index (χ0n) is 14.5. The van der Waals surface area contributed by atoms with Crippen molar-refractivity contribution in [1.29, 1.82) is 0 Å². The molecule has 0 unspecified atom stereocenters. The van der Waals surface area contributed by atoms with E-state index in [9.17, 15) is 13.2 Å². The largest absolute Gasteiger partial charge is 0.468 e. The molecule has 1 aromatic heterocycles. The van der Waals surface area contributed by atoms with Crippen LogP contribution in [0.5, 0.6) is 0 Å². The van der Waals surface area contributed by atoms with E-state index >= 15 is 0 Å². The van der Waals surface area contributed by atoms with Crippen molar-refractivity contribution in [2.75, 3.05) is 25.9 Å². The molecule has 7 nitrogen and oxygen atoms in total. The lowest BCUT2D eigenvalue weighted by atomic mass is 9.91. The Morgan fingerprint density at radius 1 is 1.42 bits per heavy atom. The molecule has 2 heterocycles. The van der Waals surface area contributed by atoms with Crippen LogP contribution in [0, 0.1) is 11.8 Å². The Kier molecular flexibility index (Phi) is 6.42. The lowest BCUT2D eigenvalue weighted by Crippen LogP contribution is -2.43. The highest BCUT2D eigenvalue weighted by molar-refractivity contribution is 7.88. The Bertz CT molecular complexity index is 628. The molecule has 2 atom stereocenters. The molecule has 136 valence electrons. The van der Waals surface area contributed by atoms with Gasteiger partial charge in [-0.2, -0.15) is 0 Å². The molecule has 0 bridgehead atoms. The lowest BCUT2D eigenvalue weighted by molar-refractivity contribution is -0.121. The number of rotatable bonds is 8.